The molecule has 0 aliphatic heterocycles. The van der Waals surface area contributed by atoms with Gasteiger partial charge >= 0.3 is 0 Å². The largest absolute Gasteiger partial charge is 0.235 e. The molecule has 0 saturated heterocycles. The smallest absolute Gasteiger partial charge is 0.151 e. The number of aryl methyl sites for hydroxylation is 1. The zero-order valence-electron chi connectivity index (χ0n) is 4.93. The Morgan fingerprint density at radius 3 is 3.11 bits per heavy atom. The lowest BCUT2D eigenvalue weighted by Gasteiger charge is -1.84. The normalized spacial score (nSPS) is 10.0. The van der Waals surface area contributed by atoms with Crippen LogP contribution in [0.3, 0.4) is 0 Å². The number of halogens is 1. The summed E-state index contributed by atoms with van der Waals surface area (Å²) in [5, 5.41) is 2.61. The highest BCUT2D eigenvalue weighted by Gasteiger charge is 1.95. The highest BCUT2D eigenvalue weighted by atomic mass is 35.5. The van der Waals surface area contributed by atoms with Crippen molar-refractivity contribution in [2.45, 2.75) is 11.3 Å². The van der Waals surface area contributed by atoms with Crippen molar-refractivity contribution in [3.8, 4) is 0 Å². The van der Waals surface area contributed by atoms with Gasteiger partial charge in [0.25, 0.3) is 0 Å². The lowest BCUT2D eigenvalue weighted by atomic mass is 10.6. The second kappa shape index (κ2) is 3.44. The average Bonchev–Trinajstić information content (AvgIpc) is 2.17. The van der Waals surface area contributed by atoms with E-state index in [9.17, 15) is 0 Å². The summed E-state index contributed by atoms with van der Waals surface area (Å²) in [6, 6.07) is 0. The van der Waals surface area contributed by atoms with E-state index in [0.29, 0.717) is 5.21 Å². The van der Waals surface area contributed by atoms with Crippen molar-refractivity contribution >= 4 is 34.7 Å². The Bertz CT molecular complexity index is 187. The van der Waals surface area contributed by atoms with Gasteiger partial charge in [-0.05, 0) is 6.92 Å². The first-order valence-corrected chi connectivity index (χ1v) is 4.84. The van der Waals surface area contributed by atoms with E-state index < -0.39 is 0 Å². The average molecular weight is 180 g/mol. The first kappa shape index (κ1) is 7.38. The van der Waals surface area contributed by atoms with Crippen LogP contribution in [0.25, 0.3) is 0 Å². The maximum absolute atomic E-state index is 5.47. The van der Waals surface area contributed by atoms with Gasteiger partial charge in [-0.25, -0.2) is 4.98 Å². The quantitative estimate of drug-likeness (QED) is 0.512. The van der Waals surface area contributed by atoms with Crippen molar-refractivity contribution in [1.29, 1.82) is 0 Å². The molecule has 0 aromatic carbocycles. The van der Waals surface area contributed by atoms with Crippen LogP contribution in [0, 0.1) is 6.92 Å². The van der Waals surface area contributed by atoms with Crippen molar-refractivity contribution < 1.29 is 0 Å². The van der Waals surface area contributed by atoms with Gasteiger partial charge in [-0.3, -0.25) is 0 Å². The van der Waals surface area contributed by atoms with Crippen molar-refractivity contribution in [3.05, 3.63) is 11.1 Å². The van der Waals surface area contributed by atoms with Crippen LogP contribution < -0.4 is 0 Å². The Hall–Kier alpha value is 0.270. The fraction of sp³-hybridized carbons (Fsp3) is 0.400. The molecular weight excluding hydrogens is 174 g/mol. The SMILES string of the molecule is Cc1csc(SCCl)n1. The van der Waals surface area contributed by atoms with E-state index in [-0.39, 0.29) is 0 Å². The van der Waals surface area contributed by atoms with Gasteiger partial charge in [0.15, 0.2) is 4.34 Å². The van der Waals surface area contributed by atoms with E-state index in [1.807, 2.05) is 12.3 Å². The first-order valence-electron chi connectivity index (χ1n) is 2.44. The zero-order valence-corrected chi connectivity index (χ0v) is 7.32. The maximum Gasteiger partial charge on any atom is 0.151 e. The van der Waals surface area contributed by atoms with Crippen molar-refractivity contribution in [2.75, 3.05) is 5.21 Å². The lowest BCUT2D eigenvalue weighted by Crippen LogP contribution is -1.69. The molecule has 1 aromatic heterocycles. The Morgan fingerprint density at radius 1 is 1.89 bits per heavy atom. The van der Waals surface area contributed by atoms with Crippen LogP contribution in [0.5, 0.6) is 0 Å². The van der Waals surface area contributed by atoms with E-state index in [1.54, 1.807) is 23.1 Å². The van der Waals surface area contributed by atoms with Crippen LogP contribution in [0.4, 0.5) is 0 Å². The molecule has 1 rings (SSSR count). The van der Waals surface area contributed by atoms with E-state index in [4.69, 9.17) is 11.6 Å². The predicted octanol–water partition coefficient (Wildman–Crippen LogP) is 2.74. The molecule has 9 heavy (non-hydrogen) atoms. The van der Waals surface area contributed by atoms with Crippen LogP contribution in [0.1, 0.15) is 5.69 Å². The second-order valence-electron chi connectivity index (χ2n) is 1.51. The van der Waals surface area contributed by atoms with E-state index in [0.717, 1.165) is 10.0 Å². The molecule has 0 saturated carbocycles. The molecule has 0 unspecified atom stereocenters. The molecule has 1 heterocycles. The van der Waals surface area contributed by atoms with Gasteiger partial charge in [-0.2, -0.15) is 0 Å². The van der Waals surface area contributed by atoms with E-state index >= 15 is 0 Å². The van der Waals surface area contributed by atoms with E-state index in [1.165, 1.54) is 0 Å². The van der Waals surface area contributed by atoms with Crippen molar-refractivity contribution in [1.82, 2.24) is 4.98 Å². The number of aromatic nitrogens is 1. The van der Waals surface area contributed by atoms with Gasteiger partial charge in [0.1, 0.15) is 0 Å². The van der Waals surface area contributed by atoms with Crippen LogP contribution in [0.2, 0.25) is 0 Å². The van der Waals surface area contributed by atoms with Gasteiger partial charge in [0.05, 0.1) is 5.21 Å². The second-order valence-corrected chi connectivity index (χ2v) is 4.17. The molecule has 0 amide bonds. The number of hydrogen-bond acceptors (Lipinski definition) is 3. The molecule has 0 radical (unpaired) electrons. The predicted molar refractivity (Wildman–Crippen MR) is 43.4 cm³/mol. The minimum atomic E-state index is 0.590. The van der Waals surface area contributed by atoms with E-state index in [2.05, 4.69) is 4.98 Å². The van der Waals surface area contributed by atoms with Crippen LogP contribution in [-0.2, 0) is 0 Å². The molecule has 0 bridgehead atoms. The highest BCUT2D eigenvalue weighted by molar-refractivity contribution is 8.02. The lowest BCUT2D eigenvalue weighted by molar-refractivity contribution is 1.16. The highest BCUT2D eigenvalue weighted by Crippen LogP contribution is 2.22. The molecule has 1 aromatic rings. The summed E-state index contributed by atoms with van der Waals surface area (Å²) in [6.07, 6.45) is 0. The third-order valence-electron chi connectivity index (χ3n) is 0.776. The molecule has 0 aliphatic rings. The number of hydrogen-bond donors (Lipinski definition) is 0. The van der Waals surface area contributed by atoms with Crippen molar-refractivity contribution in [2.24, 2.45) is 0 Å². The summed E-state index contributed by atoms with van der Waals surface area (Å²) in [5.41, 5.74) is 1.08. The standard InChI is InChI=1S/C5H6ClNS2/c1-4-2-8-5(7-4)9-3-6/h2H,3H2,1H3. The summed E-state index contributed by atoms with van der Waals surface area (Å²) >= 11 is 8.69. The third kappa shape index (κ3) is 2.16. The number of nitrogens with zero attached hydrogens (tertiary/aromatic N) is 1. The summed E-state index contributed by atoms with van der Waals surface area (Å²) in [6.45, 7) is 1.98. The molecule has 0 atom stereocenters. The Morgan fingerprint density at radius 2 is 2.67 bits per heavy atom. The van der Waals surface area contributed by atoms with Crippen LogP contribution in [-0.4, -0.2) is 10.2 Å². The molecule has 0 spiro atoms. The summed E-state index contributed by atoms with van der Waals surface area (Å²) in [7, 11) is 0. The summed E-state index contributed by atoms with van der Waals surface area (Å²) < 4.78 is 1.06. The van der Waals surface area contributed by atoms with Crippen molar-refractivity contribution in [3.63, 3.8) is 0 Å². The summed E-state index contributed by atoms with van der Waals surface area (Å²) in [4.78, 5) is 4.20. The fourth-order valence-electron chi connectivity index (χ4n) is 0.445. The number of thioether (sulfide) groups is 1. The van der Waals surface area contributed by atoms with Gasteiger partial charge in [0, 0.05) is 11.1 Å². The van der Waals surface area contributed by atoms with Gasteiger partial charge in [-0.1, -0.05) is 11.8 Å². The maximum atomic E-state index is 5.47. The van der Waals surface area contributed by atoms with Crippen LogP contribution >= 0.6 is 34.7 Å². The molecule has 4 heteroatoms. The Balaban J connectivity index is 2.61. The molecule has 0 N–H and O–H groups in total. The minimum absolute atomic E-state index is 0.590. The monoisotopic (exact) mass is 179 g/mol. The number of rotatable bonds is 2. The van der Waals surface area contributed by atoms with Gasteiger partial charge < -0.3 is 0 Å². The van der Waals surface area contributed by atoms with Gasteiger partial charge in [-0.15, -0.1) is 22.9 Å². The molecular formula is C5H6ClNS2. The molecule has 0 aliphatic carbocycles. The number of alkyl halides is 1. The third-order valence-corrected chi connectivity index (χ3v) is 2.94. The number of thiazole rings is 1. The van der Waals surface area contributed by atoms with Crippen LogP contribution in [0.15, 0.2) is 9.72 Å². The summed E-state index contributed by atoms with van der Waals surface area (Å²) in [5.74, 6) is 0. The molecule has 0 fully saturated rings. The topological polar surface area (TPSA) is 12.9 Å². The Kier molecular flexibility index (Phi) is 2.82. The van der Waals surface area contributed by atoms with Gasteiger partial charge in [0.2, 0.25) is 0 Å². The molecule has 50 valence electrons. The first-order chi connectivity index (χ1) is 4.33. The Labute approximate surface area is 67.4 Å². The fourth-order valence-corrected chi connectivity index (χ4v) is 2.37. The zero-order chi connectivity index (χ0) is 6.69. The molecule has 1 nitrogen and oxygen atoms in total. The minimum Gasteiger partial charge on any atom is -0.235 e.